The average Bonchev–Trinajstić information content (AvgIpc) is 3.10. The summed E-state index contributed by atoms with van der Waals surface area (Å²) in [7, 11) is -1.43. The first kappa shape index (κ1) is 21.3. The molecule has 0 aromatic heterocycles. The summed E-state index contributed by atoms with van der Waals surface area (Å²) in [4.78, 5) is 11.3. The maximum Gasteiger partial charge on any atom is 0.306 e. The normalized spacial score (nSPS) is 30.1. The third-order valence-electron chi connectivity index (χ3n) is 6.38. The molecule has 1 aliphatic heterocycles. The molecule has 1 aliphatic carbocycles. The van der Waals surface area contributed by atoms with Gasteiger partial charge in [0.05, 0.1) is 24.0 Å². The SMILES string of the molecule is CC(Cc1cccc2c1O[C@H]1C[C@H](C(C)(C)C)[C@](CO)(O[SiH](C)C)[C@@H]21)C(=O)O. The van der Waals surface area contributed by atoms with Gasteiger partial charge in [-0.2, -0.15) is 0 Å². The van der Waals surface area contributed by atoms with E-state index in [1.54, 1.807) is 6.92 Å². The molecule has 0 amide bonds. The number of carbonyl (C=O) groups is 1. The van der Waals surface area contributed by atoms with E-state index in [0.29, 0.717) is 6.42 Å². The maximum absolute atomic E-state index is 11.3. The maximum atomic E-state index is 11.3. The van der Waals surface area contributed by atoms with E-state index in [9.17, 15) is 15.0 Å². The van der Waals surface area contributed by atoms with Crippen molar-refractivity contribution in [2.45, 2.75) is 71.3 Å². The number of hydrogen-bond acceptors (Lipinski definition) is 4. The molecule has 3 rings (SSSR count). The number of carboxylic acids is 1. The Morgan fingerprint density at radius 1 is 1.39 bits per heavy atom. The van der Waals surface area contributed by atoms with Gasteiger partial charge in [0, 0.05) is 5.56 Å². The minimum Gasteiger partial charge on any atom is -0.489 e. The summed E-state index contributed by atoms with van der Waals surface area (Å²) in [6.07, 6.45) is 1.23. The summed E-state index contributed by atoms with van der Waals surface area (Å²) in [5, 5.41) is 19.9. The summed E-state index contributed by atoms with van der Waals surface area (Å²) >= 11 is 0. The van der Waals surface area contributed by atoms with Gasteiger partial charge in [0.2, 0.25) is 0 Å². The lowest BCUT2D eigenvalue weighted by molar-refractivity contribution is -0.141. The first-order valence-electron chi connectivity index (χ1n) is 10.3. The summed E-state index contributed by atoms with van der Waals surface area (Å²) in [5.74, 6) is -0.302. The number of aliphatic hydroxyl groups excluding tert-OH is 1. The van der Waals surface area contributed by atoms with Gasteiger partial charge >= 0.3 is 5.97 Å². The Kier molecular flexibility index (Phi) is 5.69. The Morgan fingerprint density at radius 2 is 2.07 bits per heavy atom. The number of rotatable bonds is 6. The Bertz CT molecular complexity index is 741. The van der Waals surface area contributed by atoms with Gasteiger partial charge in [0.25, 0.3) is 0 Å². The zero-order chi connectivity index (χ0) is 20.9. The van der Waals surface area contributed by atoms with Crippen LogP contribution >= 0.6 is 0 Å². The zero-order valence-electron chi connectivity index (χ0n) is 17.9. The van der Waals surface area contributed by atoms with Crippen molar-refractivity contribution in [2.75, 3.05) is 6.61 Å². The van der Waals surface area contributed by atoms with Crippen molar-refractivity contribution in [1.29, 1.82) is 0 Å². The molecule has 1 aromatic rings. The molecule has 0 bridgehead atoms. The molecule has 2 aliphatic rings. The standard InChI is InChI=1S/C22H34O5Si/c1-13(20(24)25)10-14-8-7-9-15-18-16(26-19(14)15)11-17(21(2,3)4)22(18,12-23)27-28(5)6/h7-9,13,16-18,23,28H,10-12H2,1-6H3,(H,24,25)/t13?,16-,17+,18-,22-/m0/s1. The number of fused-ring (bicyclic) bond motifs is 3. The Balaban J connectivity index is 2.06. The number of benzene rings is 1. The summed E-state index contributed by atoms with van der Waals surface area (Å²) < 4.78 is 13.1. The fourth-order valence-electron chi connectivity index (χ4n) is 5.33. The second kappa shape index (κ2) is 7.47. The average molecular weight is 407 g/mol. The number of para-hydroxylation sites is 1. The van der Waals surface area contributed by atoms with E-state index in [1.165, 1.54) is 0 Å². The highest BCUT2D eigenvalue weighted by molar-refractivity contribution is 6.48. The Morgan fingerprint density at radius 3 is 2.61 bits per heavy atom. The topological polar surface area (TPSA) is 76.0 Å². The van der Waals surface area contributed by atoms with Crippen LogP contribution in [0, 0.1) is 17.3 Å². The molecule has 2 N–H and O–H groups in total. The molecule has 6 heteroatoms. The third kappa shape index (κ3) is 3.51. The first-order chi connectivity index (χ1) is 13.0. The summed E-state index contributed by atoms with van der Waals surface area (Å²) in [6, 6.07) is 6.00. The predicted octanol–water partition coefficient (Wildman–Crippen LogP) is 3.59. The minimum atomic E-state index is -1.43. The van der Waals surface area contributed by atoms with Crippen LogP contribution in [0.25, 0.3) is 0 Å². The number of carboxylic acid groups (broad SMARTS) is 1. The lowest BCUT2D eigenvalue weighted by atomic mass is 9.69. The molecule has 1 unspecified atom stereocenters. The van der Waals surface area contributed by atoms with Gasteiger partial charge in [-0.15, -0.1) is 0 Å². The first-order valence-corrected chi connectivity index (χ1v) is 13.1. The highest BCUT2D eigenvalue weighted by Crippen LogP contribution is 2.60. The van der Waals surface area contributed by atoms with Gasteiger partial charge in [0.15, 0.2) is 9.04 Å². The van der Waals surface area contributed by atoms with E-state index in [-0.39, 0.29) is 30.0 Å². The molecule has 1 heterocycles. The van der Waals surface area contributed by atoms with Crippen molar-refractivity contribution in [3.8, 4) is 5.75 Å². The van der Waals surface area contributed by atoms with Gasteiger partial charge in [-0.3, -0.25) is 4.79 Å². The summed E-state index contributed by atoms with van der Waals surface area (Å²) in [6.45, 7) is 12.6. The summed E-state index contributed by atoms with van der Waals surface area (Å²) in [5.41, 5.74) is 1.33. The molecule has 1 fully saturated rings. The quantitative estimate of drug-likeness (QED) is 0.706. The lowest BCUT2D eigenvalue weighted by Gasteiger charge is -2.45. The molecule has 1 saturated carbocycles. The smallest absolute Gasteiger partial charge is 0.306 e. The van der Waals surface area contributed by atoms with Gasteiger partial charge in [-0.25, -0.2) is 0 Å². The van der Waals surface area contributed by atoms with Crippen molar-refractivity contribution in [3.63, 3.8) is 0 Å². The highest BCUT2D eigenvalue weighted by atomic mass is 28.3. The van der Waals surface area contributed by atoms with Gasteiger partial charge in [0.1, 0.15) is 11.9 Å². The molecule has 0 spiro atoms. The molecule has 28 heavy (non-hydrogen) atoms. The van der Waals surface area contributed by atoms with Crippen LogP contribution in [0.3, 0.4) is 0 Å². The van der Waals surface area contributed by atoms with Crippen molar-refractivity contribution in [3.05, 3.63) is 29.3 Å². The fourth-order valence-corrected chi connectivity index (χ4v) is 6.59. The fraction of sp³-hybridized carbons (Fsp3) is 0.682. The molecule has 0 saturated heterocycles. The largest absolute Gasteiger partial charge is 0.489 e. The minimum absolute atomic E-state index is 0.0185. The zero-order valence-corrected chi connectivity index (χ0v) is 19.0. The molecule has 1 aromatic carbocycles. The van der Waals surface area contributed by atoms with Crippen molar-refractivity contribution < 1.29 is 24.2 Å². The lowest BCUT2D eigenvalue weighted by Crippen LogP contribution is -2.51. The molecular weight excluding hydrogens is 372 g/mol. The molecule has 5 atom stereocenters. The number of hydrogen-bond donors (Lipinski definition) is 2. The highest BCUT2D eigenvalue weighted by Gasteiger charge is 2.63. The van der Waals surface area contributed by atoms with Crippen LogP contribution < -0.4 is 4.74 Å². The van der Waals surface area contributed by atoms with Gasteiger partial charge < -0.3 is 19.4 Å². The second-order valence-corrected chi connectivity index (χ2v) is 12.2. The third-order valence-corrected chi connectivity index (χ3v) is 7.29. The van der Waals surface area contributed by atoms with Crippen LogP contribution in [-0.2, 0) is 15.6 Å². The van der Waals surface area contributed by atoms with Gasteiger partial charge in [-0.05, 0) is 42.8 Å². The molecule has 5 nitrogen and oxygen atoms in total. The van der Waals surface area contributed by atoms with Crippen LogP contribution in [-0.4, -0.2) is 43.5 Å². The van der Waals surface area contributed by atoms with Crippen LogP contribution in [0.15, 0.2) is 18.2 Å². The Labute approximate surface area is 169 Å². The number of ether oxygens (including phenoxy) is 1. The number of aliphatic hydroxyl groups is 1. The van der Waals surface area contributed by atoms with Gasteiger partial charge in [-0.1, -0.05) is 45.9 Å². The molecule has 156 valence electrons. The van der Waals surface area contributed by atoms with Crippen molar-refractivity contribution in [1.82, 2.24) is 0 Å². The van der Waals surface area contributed by atoms with Crippen molar-refractivity contribution in [2.24, 2.45) is 17.3 Å². The second-order valence-electron chi connectivity index (χ2n) is 9.85. The number of aliphatic carboxylic acids is 1. The van der Waals surface area contributed by atoms with Crippen LogP contribution in [0.5, 0.6) is 5.75 Å². The van der Waals surface area contributed by atoms with E-state index in [2.05, 4.69) is 39.9 Å². The van der Waals surface area contributed by atoms with E-state index >= 15 is 0 Å². The molecular formula is C22H34O5Si. The Hall–Kier alpha value is -1.37. The van der Waals surface area contributed by atoms with Crippen LogP contribution in [0.1, 0.15) is 51.2 Å². The van der Waals surface area contributed by atoms with Crippen LogP contribution in [0.2, 0.25) is 13.1 Å². The monoisotopic (exact) mass is 406 g/mol. The van der Waals surface area contributed by atoms with E-state index in [4.69, 9.17) is 9.16 Å². The van der Waals surface area contributed by atoms with Crippen molar-refractivity contribution >= 4 is 15.0 Å². The van der Waals surface area contributed by atoms with Crippen LogP contribution in [0.4, 0.5) is 0 Å². The van der Waals surface area contributed by atoms with E-state index < -0.39 is 26.5 Å². The van der Waals surface area contributed by atoms with E-state index in [1.807, 2.05) is 12.1 Å². The van der Waals surface area contributed by atoms with E-state index in [0.717, 1.165) is 23.3 Å². The molecule has 0 radical (unpaired) electrons. The predicted molar refractivity (Wildman–Crippen MR) is 111 cm³/mol.